The lowest BCUT2D eigenvalue weighted by atomic mass is 10.1. The summed E-state index contributed by atoms with van der Waals surface area (Å²) >= 11 is 12.1. The van der Waals surface area contributed by atoms with Gasteiger partial charge in [0.25, 0.3) is 5.91 Å². The highest BCUT2D eigenvalue weighted by atomic mass is 35.5. The van der Waals surface area contributed by atoms with Crippen LogP contribution in [0.4, 0.5) is 19.3 Å². The number of rotatable bonds is 18. The van der Waals surface area contributed by atoms with Crippen LogP contribution in [0.3, 0.4) is 0 Å². The summed E-state index contributed by atoms with van der Waals surface area (Å²) in [6, 6.07) is 10.9. The molecule has 0 aliphatic heterocycles. The van der Waals surface area contributed by atoms with Crippen molar-refractivity contribution < 1.29 is 46.2 Å². The van der Waals surface area contributed by atoms with E-state index in [-0.39, 0.29) is 28.7 Å². The number of nitrogens with zero attached hydrogens (tertiary/aromatic N) is 2. The Hall–Kier alpha value is -3.86. The molecule has 0 aliphatic carbocycles. The summed E-state index contributed by atoms with van der Waals surface area (Å²) in [5.74, 6) is -4.45. The standard InChI is InChI=1S/C33H38Cl2F2N4O8S/c1-4-48-30(49-5-2)15-16-38-31(42)21(3)41(24-12-13-26(36)27(37)18-24)32(43)28(40(33(44)45)20-22-9-7-6-8-10-22)19-39-50(46,47)29-14-11-23(34)17-25(29)35/h6-14,17-18,21,28,30,39H,4-5,15-16,19-20H2,1-3H3,(H,38,42)(H,44,45). The first-order valence-corrected chi connectivity index (χ1v) is 17.7. The Kier molecular flexibility index (Phi) is 15.4. The van der Waals surface area contributed by atoms with Crippen molar-refractivity contribution in [2.24, 2.45) is 0 Å². The molecule has 3 amide bonds. The van der Waals surface area contributed by atoms with Crippen molar-refractivity contribution in [2.45, 2.75) is 57.0 Å². The second-order valence-corrected chi connectivity index (χ2v) is 13.3. The highest BCUT2D eigenvalue weighted by Gasteiger charge is 2.39. The van der Waals surface area contributed by atoms with Crippen molar-refractivity contribution in [3.63, 3.8) is 0 Å². The zero-order valence-electron chi connectivity index (χ0n) is 27.4. The highest BCUT2D eigenvalue weighted by Crippen LogP contribution is 2.26. The van der Waals surface area contributed by atoms with Gasteiger partial charge in [0.2, 0.25) is 15.9 Å². The lowest BCUT2D eigenvalue weighted by Crippen LogP contribution is -2.59. The molecule has 0 saturated carbocycles. The van der Waals surface area contributed by atoms with Crippen molar-refractivity contribution in [3.05, 3.63) is 94.0 Å². The van der Waals surface area contributed by atoms with E-state index in [4.69, 9.17) is 32.7 Å². The predicted molar refractivity (Wildman–Crippen MR) is 183 cm³/mol. The lowest BCUT2D eigenvalue weighted by Gasteiger charge is -2.36. The summed E-state index contributed by atoms with van der Waals surface area (Å²) in [6.45, 7) is 4.35. The van der Waals surface area contributed by atoms with Gasteiger partial charge in [-0.15, -0.1) is 0 Å². The number of carbonyl (C=O) groups is 3. The van der Waals surface area contributed by atoms with E-state index in [2.05, 4.69) is 10.0 Å². The zero-order valence-corrected chi connectivity index (χ0v) is 29.8. The molecule has 3 aromatic carbocycles. The molecular weight excluding hydrogens is 721 g/mol. The number of ether oxygens (including phenoxy) is 2. The van der Waals surface area contributed by atoms with Gasteiger partial charge in [0.05, 0.1) is 5.02 Å². The minimum atomic E-state index is -4.48. The summed E-state index contributed by atoms with van der Waals surface area (Å²) in [5.41, 5.74) is 0.149. The fourth-order valence-corrected chi connectivity index (χ4v) is 6.69. The van der Waals surface area contributed by atoms with Gasteiger partial charge in [-0.05, 0) is 56.7 Å². The molecule has 0 spiro atoms. The third kappa shape index (κ3) is 11.1. The molecule has 0 aliphatic rings. The number of carbonyl (C=O) groups excluding carboxylic acids is 2. The number of carboxylic acid groups (broad SMARTS) is 1. The van der Waals surface area contributed by atoms with E-state index in [9.17, 15) is 36.7 Å². The van der Waals surface area contributed by atoms with Crippen LogP contribution in [0.1, 0.15) is 32.8 Å². The summed E-state index contributed by atoms with van der Waals surface area (Å²) in [7, 11) is -4.48. The highest BCUT2D eigenvalue weighted by molar-refractivity contribution is 7.89. The van der Waals surface area contributed by atoms with Gasteiger partial charge in [0.1, 0.15) is 17.0 Å². The van der Waals surface area contributed by atoms with E-state index in [1.807, 2.05) is 0 Å². The molecule has 0 bridgehead atoms. The van der Waals surface area contributed by atoms with Crippen LogP contribution >= 0.6 is 23.2 Å². The molecule has 50 heavy (non-hydrogen) atoms. The second-order valence-electron chi connectivity index (χ2n) is 10.7. The van der Waals surface area contributed by atoms with Crippen LogP contribution in [0.5, 0.6) is 0 Å². The first-order valence-electron chi connectivity index (χ1n) is 15.5. The third-order valence-electron chi connectivity index (χ3n) is 7.32. The Labute approximate surface area is 299 Å². The minimum Gasteiger partial charge on any atom is -0.465 e. The van der Waals surface area contributed by atoms with Gasteiger partial charge in [-0.2, -0.15) is 0 Å². The number of hydrogen-bond donors (Lipinski definition) is 3. The van der Waals surface area contributed by atoms with E-state index in [0.29, 0.717) is 29.7 Å². The molecule has 0 aromatic heterocycles. The summed E-state index contributed by atoms with van der Waals surface area (Å²) < 4.78 is 68.5. The molecular formula is C33H38Cl2F2N4O8S. The molecule has 0 radical (unpaired) electrons. The Morgan fingerprint density at radius 2 is 1.60 bits per heavy atom. The maximum atomic E-state index is 14.6. The first kappa shape index (κ1) is 40.6. The van der Waals surface area contributed by atoms with Gasteiger partial charge < -0.3 is 19.9 Å². The monoisotopic (exact) mass is 758 g/mol. The summed E-state index contributed by atoms with van der Waals surface area (Å²) in [6.07, 6.45) is -2.00. The van der Waals surface area contributed by atoms with E-state index in [0.717, 1.165) is 23.1 Å². The molecule has 272 valence electrons. The van der Waals surface area contributed by atoms with E-state index >= 15 is 0 Å². The molecule has 2 unspecified atom stereocenters. The third-order valence-corrected chi connectivity index (χ3v) is 9.46. The maximum absolute atomic E-state index is 14.6. The topological polar surface area (TPSA) is 155 Å². The molecule has 3 aromatic rings. The Morgan fingerprint density at radius 1 is 0.940 bits per heavy atom. The zero-order chi connectivity index (χ0) is 37.0. The molecule has 0 fully saturated rings. The van der Waals surface area contributed by atoms with Gasteiger partial charge in [-0.3, -0.25) is 19.4 Å². The van der Waals surface area contributed by atoms with E-state index < -0.39 is 75.9 Å². The fourth-order valence-electron chi connectivity index (χ4n) is 4.88. The van der Waals surface area contributed by atoms with Crippen molar-refractivity contribution in [2.75, 3.05) is 31.2 Å². The SMILES string of the molecule is CCOC(CCNC(=O)C(C)N(C(=O)C(CNS(=O)(=O)c1ccc(Cl)cc1Cl)N(Cc1ccccc1)C(=O)O)c1ccc(F)c(F)c1)OCC. The first-order chi connectivity index (χ1) is 23.7. The van der Waals surface area contributed by atoms with Gasteiger partial charge in [-0.1, -0.05) is 53.5 Å². The number of amides is 3. The quantitative estimate of drug-likeness (QED) is 0.145. The van der Waals surface area contributed by atoms with Gasteiger partial charge in [0, 0.05) is 56.0 Å². The average molecular weight is 760 g/mol. The summed E-state index contributed by atoms with van der Waals surface area (Å²) in [4.78, 5) is 41.8. The second kappa shape index (κ2) is 18.9. The van der Waals surface area contributed by atoms with Crippen molar-refractivity contribution in [1.29, 1.82) is 0 Å². The lowest BCUT2D eigenvalue weighted by molar-refractivity contribution is -0.140. The minimum absolute atomic E-state index is 0.0357. The van der Waals surface area contributed by atoms with Crippen molar-refractivity contribution in [1.82, 2.24) is 14.9 Å². The molecule has 3 rings (SSSR count). The van der Waals surface area contributed by atoms with Crippen LogP contribution in [-0.2, 0) is 35.6 Å². The van der Waals surface area contributed by atoms with E-state index in [1.165, 1.54) is 19.1 Å². The molecule has 12 nitrogen and oxygen atoms in total. The van der Waals surface area contributed by atoms with Crippen molar-refractivity contribution in [3.8, 4) is 0 Å². The van der Waals surface area contributed by atoms with Crippen LogP contribution in [0, 0.1) is 11.6 Å². The van der Waals surface area contributed by atoms with Crippen LogP contribution in [0.25, 0.3) is 0 Å². The molecule has 0 saturated heterocycles. The average Bonchev–Trinajstić information content (AvgIpc) is 3.06. The Morgan fingerprint density at radius 3 is 2.18 bits per heavy atom. The molecule has 0 heterocycles. The predicted octanol–water partition coefficient (Wildman–Crippen LogP) is 5.43. The maximum Gasteiger partial charge on any atom is 0.408 e. The molecule has 17 heteroatoms. The number of halogens is 4. The van der Waals surface area contributed by atoms with Crippen LogP contribution < -0.4 is 14.9 Å². The number of hydrogen-bond acceptors (Lipinski definition) is 7. The number of sulfonamides is 1. The number of benzene rings is 3. The number of anilines is 1. The van der Waals surface area contributed by atoms with Gasteiger partial charge >= 0.3 is 6.09 Å². The van der Waals surface area contributed by atoms with Crippen LogP contribution in [0.15, 0.2) is 71.6 Å². The largest absolute Gasteiger partial charge is 0.465 e. The smallest absolute Gasteiger partial charge is 0.408 e. The molecule has 2 atom stereocenters. The van der Waals surface area contributed by atoms with Gasteiger partial charge in [-0.25, -0.2) is 26.7 Å². The van der Waals surface area contributed by atoms with E-state index in [1.54, 1.807) is 44.2 Å². The molecule has 3 N–H and O–H groups in total. The van der Waals surface area contributed by atoms with Crippen LogP contribution in [-0.4, -0.2) is 81.0 Å². The normalized spacial score (nSPS) is 12.7. The summed E-state index contributed by atoms with van der Waals surface area (Å²) in [5, 5.41) is 12.9. The van der Waals surface area contributed by atoms with Crippen molar-refractivity contribution >= 4 is 56.8 Å². The Bertz CT molecular complexity index is 1730. The Balaban J connectivity index is 2.06. The fraction of sp³-hybridized carbons (Fsp3) is 0.364. The number of nitrogens with one attached hydrogen (secondary N) is 2. The van der Waals surface area contributed by atoms with Gasteiger partial charge in [0.15, 0.2) is 17.9 Å². The van der Waals surface area contributed by atoms with Crippen LogP contribution in [0.2, 0.25) is 10.0 Å².